The van der Waals surface area contributed by atoms with Crippen LogP contribution in [-0.4, -0.2) is 26.0 Å². The molecule has 0 aromatic heterocycles. The fourth-order valence-electron chi connectivity index (χ4n) is 3.63. The van der Waals surface area contributed by atoms with Crippen LogP contribution in [0, 0.1) is 0 Å². The third kappa shape index (κ3) is 4.19. The molecule has 4 rings (SSSR count). The number of rotatable bonds is 6. The van der Waals surface area contributed by atoms with Crippen LogP contribution in [0.15, 0.2) is 78.5 Å². The molecular weight excluding hydrogens is 449 g/mol. The minimum Gasteiger partial charge on any atom is -0.497 e. The van der Waals surface area contributed by atoms with Crippen molar-refractivity contribution in [1.29, 1.82) is 0 Å². The second-order valence-corrected chi connectivity index (χ2v) is 7.30. The summed E-state index contributed by atoms with van der Waals surface area (Å²) in [5.74, 6) is -0.766. The van der Waals surface area contributed by atoms with Gasteiger partial charge >= 0.3 is 6.18 Å². The van der Waals surface area contributed by atoms with Crippen molar-refractivity contribution in [2.75, 3.05) is 24.4 Å². The van der Waals surface area contributed by atoms with Crippen LogP contribution >= 0.6 is 0 Å². The number of hydrogen-bond donors (Lipinski definition) is 1. The molecule has 2 amide bonds. The number of hydrogen-bond acceptors (Lipinski definition) is 5. The summed E-state index contributed by atoms with van der Waals surface area (Å²) in [5.41, 5.74) is -0.430. The molecule has 0 unspecified atom stereocenters. The molecular formula is C25H19F3N2O4. The summed E-state index contributed by atoms with van der Waals surface area (Å²) in [7, 11) is 2.83. The zero-order chi connectivity index (χ0) is 24.5. The van der Waals surface area contributed by atoms with Crippen molar-refractivity contribution >= 4 is 28.8 Å². The van der Waals surface area contributed by atoms with Gasteiger partial charge in [-0.05, 0) is 35.9 Å². The number of alkyl halides is 3. The number of nitrogens with zero attached hydrogens (tertiary/aromatic N) is 1. The highest BCUT2D eigenvalue weighted by molar-refractivity contribution is 6.46. The molecule has 1 aliphatic rings. The molecule has 3 aromatic carbocycles. The van der Waals surface area contributed by atoms with E-state index in [0.717, 1.165) is 17.0 Å². The Kier molecular flexibility index (Phi) is 6.02. The summed E-state index contributed by atoms with van der Waals surface area (Å²) in [6, 6.07) is 17.5. The third-order valence-electron chi connectivity index (χ3n) is 5.23. The van der Waals surface area contributed by atoms with Crippen LogP contribution in [0.3, 0.4) is 0 Å². The number of amides is 2. The van der Waals surface area contributed by atoms with E-state index in [9.17, 15) is 22.8 Å². The van der Waals surface area contributed by atoms with Gasteiger partial charge in [0.1, 0.15) is 17.2 Å². The Balaban J connectivity index is 1.84. The van der Waals surface area contributed by atoms with Crippen molar-refractivity contribution in [3.05, 3.63) is 89.6 Å². The standard InChI is InChI=1S/C25H19F3N2O4/c1-33-18-11-12-20(34-2)19(14-18)30-23(31)21(15-7-4-3-5-8-15)22(24(30)32)29-17-10-6-9-16(13-17)25(26,27)28/h3-14,29H,1-2H3. The fourth-order valence-corrected chi connectivity index (χ4v) is 3.63. The molecule has 174 valence electrons. The van der Waals surface area contributed by atoms with Crippen molar-refractivity contribution in [2.45, 2.75) is 6.18 Å². The topological polar surface area (TPSA) is 67.9 Å². The minimum absolute atomic E-state index is 0.0128. The number of nitrogens with one attached hydrogen (secondary N) is 1. The molecule has 0 radical (unpaired) electrons. The maximum Gasteiger partial charge on any atom is 0.416 e. The van der Waals surface area contributed by atoms with Gasteiger partial charge in [-0.1, -0.05) is 36.4 Å². The van der Waals surface area contributed by atoms with E-state index in [0.29, 0.717) is 11.3 Å². The average Bonchev–Trinajstić information content (AvgIpc) is 3.07. The SMILES string of the molecule is COc1ccc(OC)c(N2C(=O)C(Nc3cccc(C(F)(F)F)c3)=C(c3ccccc3)C2=O)c1. The van der Waals surface area contributed by atoms with Crippen LogP contribution in [0.5, 0.6) is 11.5 Å². The molecule has 0 atom stereocenters. The first-order chi connectivity index (χ1) is 16.2. The van der Waals surface area contributed by atoms with E-state index < -0.39 is 23.6 Å². The highest BCUT2D eigenvalue weighted by Gasteiger charge is 2.42. The number of halogens is 3. The molecule has 0 fully saturated rings. The zero-order valence-corrected chi connectivity index (χ0v) is 18.1. The monoisotopic (exact) mass is 468 g/mol. The van der Waals surface area contributed by atoms with Crippen LogP contribution in [0.2, 0.25) is 0 Å². The molecule has 0 spiro atoms. The molecule has 6 nitrogen and oxygen atoms in total. The van der Waals surface area contributed by atoms with Gasteiger partial charge in [-0.25, -0.2) is 4.90 Å². The zero-order valence-electron chi connectivity index (χ0n) is 18.1. The second kappa shape index (κ2) is 8.93. The molecule has 0 bridgehead atoms. The molecule has 1 aliphatic heterocycles. The lowest BCUT2D eigenvalue weighted by Crippen LogP contribution is -2.32. The van der Waals surface area contributed by atoms with Crippen molar-refractivity contribution in [3.63, 3.8) is 0 Å². The lowest BCUT2D eigenvalue weighted by atomic mass is 10.0. The lowest BCUT2D eigenvalue weighted by molar-refractivity contribution is -0.137. The van der Waals surface area contributed by atoms with Crippen molar-refractivity contribution < 1.29 is 32.2 Å². The highest BCUT2D eigenvalue weighted by atomic mass is 19.4. The Morgan fingerprint density at radius 1 is 0.824 bits per heavy atom. The normalized spacial score (nSPS) is 14.0. The number of anilines is 2. The summed E-state index contributed by atoms with van der Waals surface area (Å²) in [4.78, 5) is 28.0. The van der Waals surface area contributed by atoms with E-state index in [4.69, 9.17) is 9.47 Å². The Labute approximate surface area is 193 Å². The number of benzene rings is 3. The van der Waals surface area contributed by atoms with Crippen LogP contribution in [0.1, 0.15) is 11.1 Å². The summed E-state index contributed by atoms with van der Waals surface area (Å²) in [6.45, 7) is 0. The molecule has 34 heavy (non-hydrogen) atoms. The highest BCUT2D eigenvalue weighted by Crippen LogP contribution is 2.40. The van der Waals surface area contributed by atoms with Gasteiger partial charge in [0.05, 0.1) is 31.0 Å². The van der Waals surface area contributed by atoms with Gasteiger partial charge in [-0.2, -0.15) is 13.2 Å². The van der Waals surface area contributed by atoms with E-state index in [1.807, 2.05) is 0 Å². The van der Waals surface area contributed by atoms with E-state index >= 15 is 0 Å². The van der Waals surface area contributed by atoms with Crippen LogP contribution in [-0.2, 0) is 15.8 Å². The van der Waals surface area contributed by atoms with Gasteiger partial charge in [0.2, 0.25) is 0 Å². The number of imide groups is 1. The Morgan fingerprint density at radius 2 is 1.56 bits per heavy atom. The molecule has 1 N–H and O–H groups in total. The first-order valence-electron chi connectivity index (χ1n) is 10.1. The van der Waals surface area contributed by atoms with E-state index in [-0.39, 0.29) is 28.4 Å². The number of carbonyl (C=O) groups is 2. The largest absolute Gasteiger partial charge is 0.497 e. The first-order valence-corrected chi connectivity index (χ1v) is 10.1. The quantitative estimate of drug-likeness (QED) is 0.509. The minimum atomic E-state index is -4.57. The van der Waals surface area contributed by atoms with Gasteiger partial charge in [0, 0.05) is 11.8 Å². The van der Waals surface area contributed by atoms with Gasteiger partial charge in [-0.15, -0.1) is 0 Å². The predicted octanol–water partition coefficient (Wildman–Crippen LogP) is 5.12. The van der Waals surface area contributed by atoms with Gasteiger partial charge in [0.25, 0.3) is 11.8 Å². The molecule has 3 aromatic rings. The van der Waals surface area contributed by atoms with Crippen LogP contribution in [0.4, 0.5) is 24.5 Å². The lowest BCUT2D eigenvalue weighted by Gasteiger charge is -2.19. The van der Waals surface area contributed by atoms with E-state index in [1.165, 1.54) is 32.4 Å². The summed E-state index contributed by atoms with van der Waals surface area (Å²) < 4.78 is 50.2. The Bertz CT molecular complexity index is 1290. The van der Waals surface area contributed by atoms with Gasteiger partial charge < -0.3 is 14.8 Å². The van der Waals surface area contributed by atoms with Crippen molar-refractivity contribution in [1.82, 2.24) is 0 Å². The molecule has 1 heterocycles. The third-order valence-corrected chi connectivity index (χ3v) is 5.23. The summed E-state index contributed by atoms with van der Waals surface area (Å²) in [5, 5.41) is 2.74. The number of methoxy groups -OCH3 is 2. The smallest absolute Gasteiger partial charge is 0.416 e. The Hall–Kier alpha value is -4.27. The van der Waals surface area contributed by atoms with E-state index in [2.05, 4.69) is 5.32 Å². The van der Waals surface area contributed by atoms with Crippen LogP contribution in [0.25, 0.3) is 5.57 Å². The summed E-state index contributed by atoms with van der Waals surface area (Å²) in [6.07, 6.45) is -4.57. The second-order valence-electron chi connectivity index (χ2n) is 7.30. The molecule has 0 aliphatic carbocycles. The molecule has 0 saturated carbocycles. The van der Waals surface area contributed by atoms with Gasteiger partial charge in [-0.3, -0.25) is 9.59 Å². The fraction of sp³-hybridized carbons (Fsp3) is 0.120. The average molecular weight is 468 g/mol. The predicted molar refractivity (Wildman–Crippen MR) is 120 cm³/mol. The number of carbonyl (C=O) groups excluding carboxylic acids is 2. The van der Waals surface area contributed by atoms with E-state index in [1.54, 1.807) is 42.5 Å². The van der Waals surface area contributed by atoms with Crippen molar-refractivity contribution in [3.8, 4) is 11.5 Å². The molecule has 0 saturated heterocycles. The maximum atomic E-state index is 13.5. The first kappa shape index (κ1) is 22.9. The van der Waals surface area contributed by atoms with Crippen molar-refractivity contribution in [2.24, 2.45) is 0 Å². The summed E-state index contributed by atoms with van der Waals surface area (Å²) >= 11 is 0. The van der Waals surface area contributed by atoms with Gasteiger partial charge in [0.15, 0.2) is 0 Å². The van der Waals surface area contributed by atoms with Crippen LogP contribution < -0.4 is 19.7 Å². The Morgan fingerprint density at radius 3 is 2.21 bits per heavy atom. The molecule has 9 heteroatoms. The maximum absolute atomic E-state index is 13.5. The number of ether oxygens (including phenoxy) is 2.